The standard InChI is InChI=1S/C53H32N6O/c1-2-8-51-45(5-1)53-46(31-54-32-52(53)60-51)33-13-17-42(18-14-33)59(43-19-15-34-23-36(9-11-38(34)25-43)40-27-49-47(57-29-40)6-3-21-55-49)44-20-16-35-24-37(10-12-39(35)26-44)41-28-50-48(58-30-41)7-4-22-56-50/h1-32H. The maximum absolute atomic E-state index is 6.18. The summed E-state index contributed by atoms with van der Waals surface area (Å²) in [5.41, 5.74) is 14.7. The average molecular weight is 769 g/mol. The molecule has 7 nitrogen and oxygen atoms in total. The Morgan fingerprint density at radius 1 is 0.367 bits per heavy atom. The van der Waals surface area contributed by atoms with E-state index in [1.54, 1.807) is 6.20 Å². The van der Waals surface area contributed by atoms with Crippen LogP contribution in [0.5, 0.6) is 0 Å². The van der Waals surface area contributed by atoms with Crippen LogP contribution in [0.3, 0.4) is 0 Å². The van der Waals surface area contributed by atoms with E-state index >= 15 is 0 Å². The molecule has 6 heterocycles. The van der Waals surface area contributed by atoms with Gasteiger partial charge in [-0.05, 0) is 129 Å². The zero-order valence-electron chi connectivity index (χ0n) is 32.1. The highest BCUT2D eigenvalue weighted by molar-refractivity contribution is 6.12. The van der Waals surface area contributed by atoms with Crippen molar-refractivity contribution in [3.63, 3.8) is 0 Å². The first kappa shape index (κ1) is 33.8. The van der Waals surface area contributed by atoms with Crippen LogP contribution in [-0.2, 0) is 0 Å². The van der Waals surface area contributed by atoms with E-state index in [1.165, 1.54) is 0 Å². The van der Waals surface area contributed by atoms with E-state index in [2.05, 4.69) is 145 Å². The van der Waals surface area contributed by atoms with Gasteiger partial charge in [0.2, 0.25) is 0 Å². The van der Waals surface area contributed by atoms with Crippen molar-refractivity contribution >= 4 is 82.6 Å². The summed E-state index contributed by atoms with van der Waals surface area (Å²) < 4.78 is 6.18. The Morgan fingerprint density at radius 3 is 1.55 bits per heavy atom. The molecule has 0 unspecified atom stereocenters. The number of rotatable bonds is 6. The summed E-state index contributed by atoms with van der Waals surface area (Å²) in [7, 11) is 0. The molecule has 0 fully saturated rings. The van der Waals surface area contributed by atoms with Crippen LogP contribution in [0.1, 0.15) is 0 Å². The van der Waals surface area contributed by atoms with E-state index in [4.69, 9.17) is 4.42 Å². The average Bonchev–Trinajstić information content (AvgIpc) is 3.70. The lowest BCUT2D eigenvalue weighted by atomic mass is 9.99. The summed E-state index contributed by atoms with van der Waals surface area (Å²) in [5.74, 6) is 0. The van der Waals surface area contributed by atoms with Crippen molar-refractivity contribution in [2.75, 3.05) is 4.90 Å². The molecule has 0 N–H and O–H groups in total. The lowest BCUT2D eigenvalue weighted by molar-refractivity contribution is 0.667. The zero-order valence-corrected chi connectivity index (χ0v) is 32.1. The molecule has 0 bridgehead atoms. The summed E-state index contributed by atoms with van der Waals surface area (Å²) in [6, 6.07) is 55.5. The summed E-state index contributed by atoms with van der Waals surface area (Å²) in [4.78, 5) is 25.3. The van der Waals surface area contributed by atoms with Gasteiger partial charge in [0.05, 0.1) is 28.3 Å². The fraction of sp³-hybridized carbons (Fsp3) is 0. The number of pyridine rings is 5. The van der Waals surface area contributed by atoms with Gasteiger partial charge in [-0.15, -0.1) is 0 Å². The summed E-state index contributed by atoms with van der Waals surface area (Å²) >= 11 is 0. The molecule has 0 aliphatic carbocycles. The molecule has 0 saturated carbocycles. The summed E-state index contributed by atoms with van der Waals surface area (Å²) in [6.07, 6.45) is 11.2. The molecule has 0 aliphatic heterocycles. The molecule has 12 rings (SSSR count). The lowest BCUT2D eigenvalue weighted by Crippen LogP contribution is -2.10. The van der Waals surface area contributed by atoms with E-state index in [-0.39, 0.29) is 0 Å². The van der Waals surface area contributed by atoms with Gasteiger partial charge in [0.25, 0.3) is 0 Å². The maximum Gasteiger partial charge on any atom is 0.154 e. The van der Waals surface area contributed by atoms with Gasteiger partial charge in [0.1, 0.15) is 5.58 Å². The van der Waals surface area contributed by atoms with Crippen molar-refractivity contribution in [1.29, 1.82) is 0 Å². The second-order valence-electron chi connectivity index (χ2n) is 15.1. The smallest absolute Gasteiger partial charge is 0.154 e. The zero-order chi connectivity index (χ0) is 39.6. The van der Waals surface area contributed by atoms with Gasteiger partial charge in [-0.1, -0.05) is 66.7 Å². The monoisotopic (exact) mass is 768 g/mol. The minimum absolute atomic E-state index is 0.778. The van der Waals surface area contributed by atoms with E-state index in [0.29, 0.717) is 0 Å². The molecule has 0 aliphatic rings. The molecule has 0 atom stereocenters. The molecule has 60 heavy (non-hydrogen) atoms. The highest BCUT2D eigenvalue weighted by Gasteiger charge is 2.17. The number of para-hydroxylation sites is 1. The van der Waals surface area contributed by atoms with Crippen molar-refractivity contribution in [1.82, 2.24) is 24.9 Å². The predicted octanol–water partition coefficient (Wildman–Crippen LogP) is 13.6. The Hall–Kier alpha value is -8.29. The molecule has 0 radical (unpaired) electrons. The molecule has 12 aromatic rings. The SMILES string of the molecule is c1cnc2cc(-c3ccc4cc(N(c5ccc(-c6cncc7oc8ccccc8c67)cc5)c5ccc6cc(-c7cnc8cccnc8c7)ccc6c5)ccc4c3)cnc2c1. The molecule has 0 amide bonds. The van der Waals surface area contributed by atoms with Gasteiger partial charge in [-0.25, -0.2) is 0 Å². The highest BCUT2D eigenvalue weighted by Crippen LogP contribution is 2.41. The number of furan rings is 1. The van der Waals surface area contributed by atoms with Crippen LogP contribution in [0.25, 0.3) is 98.9 Å². The van der Waals surface area contributed by atoms with Crippen molar-refractivity contribution in [2.24, 2.45) is 0 Å². The fourth-order valence-corrected chi connectivity index (χ4v) is 8.46. The van der Waals surface area contributed by atoms with Crippen LogP contribution in [0.4, 0.5) is 17.1 Å². The van der Waals surface area contributed by atoms with E-state index < -0.39 is 0 Å². The van der Waals surface area contributed by atoms with E-state index in [1.807, 2.05) is 73.4 Å². The summed E-state index contributed by atoms with van der Waals surface area (Å²) in [5, 5.41) is 6.71. The molecule has 0 spiro atoms. The maximum atomic E-state index is 6.18. The normalized spacial score (nSPS) is 11.7. The van der Waals surface area contributed by atoms with Gasteiger partial charge in [0, 0.05) is 75.5 Å². The largest absolute Gasteiger partial charge is 0.454 e. The van der Waals surface area contributed by atoms with E-state index in [0.717, 1.165) is 116 Å². The third kappa shape index (κ3) is 5.79. The van der Waals surface area contributed by atoms with Crippen LogP contribution in [0.2, 0.25) is 0 Å². The lowest BCUT2D eigenvalue weighted by Gasteiger charge is -2.26. The number of fused-ring (bicyclic) bond motifs is 7. The van der Waals surface area contributed by atoms with Gasteiger partial charge >= 0.3 is 0 Å². The number of hydrogen-bond acceptors (Lipinski definition) is 7. The van der Waals surface area contributed by atoms with Crippen molar-refractivity contribution in [2.45, 2.75) is 0 Å². The van der Waals surface area contributed by atoms with E-state index in [9.17, 15) is 0 Å². The topological polar surface area (TPSA) is 80.8 Å². The fourth-order valence-electron chi connectivity index (χ4n) is 8.46. The second kappa shape index (κ2) is 13.7. The Labute approximate surface area is 343 Å². The van der Waals surface area contributed by atoms with Gasteiger partial charge in [-0.2, -0.15) is 0 Å². The molecule has 7 heteroatoms. The minimum Gasteiger partial charge on any atom is -0.454 e. The van der Waals surface area contributed by atoms with Gasteiger partial charge < -0.3 is 9.32 Å². The predicted molar refractivity (Wildman–Crippen MR) is 244 cm³/mol. The van der Waals surface area contributed by atoms with Crippen LogP contribution in [0, 0.1) is 0 Å². The Balaban J connectivity index is 0.955. The van der Waals surface area contributed by atoms with Crippen LogP contribution < -0.4 is 4.90 Å². The third-order valence-corrected chi connectivity index (χ3v) is 11.5. The molecule has 6 aromatic carbocycles. The molecule has 280 valence electrons. The number of aromatic nitrogens is 5. The number of anilines is 3. The van der Waals surface area contributed by atoms with Crippen LogP contribution in [-0.4, -0.2) is 24.9 Å². The third-order valence-electron chi connectivity index (χ3n) is 11.5. The summed E-state index contributed by atoms with van der Waals surface area (Å²) in [6.45, 7) is 0. The molecule has 6 aromatic heterocycles. The number of nitrogens with zero attached hydrogens (tertiary/aromatic N) is 6. The van der Waals surface area contributed by atoms with Crippen molar-refractivity contribution in [3.8, 4) is 33.4 Å². The minimum atomic E-state index is 0.778. The van der Waals surface area contributed by atoms with Crippen molar-refractivity contribution in [3.05, 3.63) is 195 Å². The van der Waals surface area contributed by atoms with Crippen LogP contribution in [0.15, 0.2) is 199 Å². The molecular weight excluding hydrogens is 737 g/mol. The molecular formula is C53H32N6O. The second-order valence-corrected chi connectivity index (χ2v) is 15.1. The van der Waals surface area contributed by atoms with Crippen LogP contribution >= 0.6 is 0 Å². The van der Waals surface area contributed by atoms with Crippen molar-refractivity contribution < 1.29 is 4.42 Å². The molecule has 0 saturated heterocycles. The highest BCUT2D eigenvalue weighted by atomic mass is 16.3. The Bertz CT molecular complexity index is 3470. The quantitative estimate of drug-likeness (QED) is 0.167. The first-order valence-corrected chi connectivity index (χ1v) is 19.8. The first-order valence-electron chi connectivity index (χ1n) is 19.8. The Kier molecular flexibility index (Phi) is 7.71. The van der Waals surface area contributed by atoms with Gasteiger partial charge in [0.15, 0.2) is 5.58 Å². The Morgan fingerprint density at radius 2 is 0.917 bits per heavy atom. The number of benzene rings is 6. The number of hydrogen-bond donors (Lipinski definition) is 0. The first-order chi connectivity index (χ1) is 29.7. The van der Waals surface area contributed by atoms with Gasteiger partial charge in [-0.3, -0.25) is 24.9 Å².